The van der Waals surface area contributed by atoms with Crippen molar-refractivity contribution in [1.29, 1.82) is 0 Å². The van der Waals surface area contributed by atoms with E-state index in [1.54, 1.807) is 12.1 Å². The zero-order valence-corrected chi connectivity index (χ0v) is 21.5. The molecule has 0 bridgehead atoms. The summed E-state index contributed by atoms with van der Waals surface area (Å²) in [6, 6.07) is 19.7. The van der Waals surface area contributed by atoms with Crippen LogP contribution in [0.2, 0.25) is 10.0 Å². The van der Waals surface area contributed by atoms with Crippen LogP contribution in [0.4, 0.5) is 5.69 Å². The Hall–Kier alpha value is -2.13. The molecule has 3 aromatic carbocycles. The fraction of sp³-hybridized carbons (Fsp3) is 0.200. The third-order valence-corrected chi connectivity index (χ3v) is 6.75. The van der Waals surface area contributed by atoms with Gasteiger partial charge in [-0.2, -0.15) is 0 Å². The molecule has 0 aliphatic carbocycles. The lowest BCUT2D eigenvalue weighted by atomic mass is 9.98. The minimum absolute atomic E-state index is 0.0629. The lowest BCUT2D eigenvalue weighted by molar-refractivity contribution is 0.0649. The summed E-state index contributed by atoms with van der Waals surface area (Å²) in [5.74, 6) is 0.455. The molecule has 1 amide bonds. The molecule has 170 valence electrons. The molecule has 1 aliphatic rings. The average molecular weight is 594 g/mol. The standard InChI is InChI=1S/C25H22Cl2IN3O2/c1-15(16-2-6-18(26)7-3-16)31-23(17-4-8-19(27)9-5-17)24(29-12-13-32)30-22-11-10-20(28)14-21(22)25(31)33/h2-11,14-15,23,32H,12-13H2,1H3,(H,29,30)/t15-,23+/m1/s1. The highest BCUT2D eigenvalue weighted by atomic mass is 127. The van der Waals surface area contributed by atoms with Crippen LogP contribution in [-0.4, -0.2) is 34.9 Å². The maximum absolute atomic E-state index is 14.1. The fourth-order valence-electron chi connectivity index (χ4n) is 3.94. The molecule has 0 unspecified atom stereocenters. The molecule has 2 atom stereocenters. The molecule has 0 saturated heterocycles. The normalized spacial score (nSPS) is 16.6. The van der Waals surface area contributed by atoms with Crippen molar-refractivity contribution in [2.75, 3.05) is 13.2 Å². The summed E-state index contributed by atoms with van der Waals surface area (Å²) >= 11 is 14.5. The van der Waals surface area contributed by atoms with E-state index in [9.17, 15) is 9.90 Å². The number of hydrogen-bond donors (Lipinski definition) is 2. The molecule has 0 saturated carbocycles. The van der Waals surface area contributed by atoms with Crippen molar-refractivity contribution in [2.45, 2.75) is 19.0 Å². The number of amidine groups is 1. The highest BCUT2D eigenvalue weighted by Gasteiger charge is 2.37. The van der Waals surface area contributed by atoms with Gasteiger partial charge in [0.05, 0.1) is 23.9 Å². The van der Waals surface area contributed by atoms with Crippen molar-refractivity contribution in [1.82, 2.24) is 10.2 Å². The van der Waals surface area contributed by atoms with Gasteiger partial charge in [-0.25, -0.2) is 4.99 Å². The van der Waals surface area contributed by atoms with Gasteiger partial charge in [-0.05, 0) is 83.1 Å². The Labute approximate surface area is 216 Å². The number of amides is 1. The minimum Gasteiger partial charge on any atom is -0.395 e. The SMILES string of the molecule is C[C@H](c1ccc(Cl)cc1)N1C(=O)c2cc(I)ccc2N=C(NCCO)[C@@H]1c1ccc(Cl)cc1. The van der Waals surface area contributed by atoms with Crippen LogP contribution in [-0.2, 0) is 0 Å². The Bertz CT molecular complexity index is 1180. The number of hydrogen-bond acceptors (Lipinski definition) is 4. The van der Waals surface area contributed by atoms with E-state index in [4.69, 9.17) is 28.2 Å². The predicted molar refractivity (Wildman–Crippen MR) is 142 cm³/mol. The van der Waals surface area contributed by atoms with Crippen LogP contribution in [0.3, 0.4) is 0 Å². The number of aliphatic hydroxyl groups excluding tert-OH is 1. The molecule has 0 spiro atoms. The molecule has 0 fully saturated rings. The molecule has 3 aromatic rings. The predicted octanol–water partition coefficient (Wildman–Crippen LogP) is 6.17. The van der Waals surface area contributed by atoms with E-state index in [2.05, 4.69) is 27.9 Å². The molecule has 5 nitrogen and oxygen atoms in total. The lowest BCUT2D eigenvalue weighted by Crippen LogP contribution is -2.44. The van der Waals surface area contributed by atoms with Gasteiger partial charge >= 0.3 is 0 Å². The van der Waals surface area contributed by atoms with Crippen LogP contribution in [0.15, 0.2) is 71.7 Å². The first-order valence-electron chi connectivity index (χ1n) is 10.5. The monoisotopic (exact) mass is 593 g/mol. The third-order valence-electron chi connectivity index (χ3n) is 5.57. The number of aliphatic hydroxyl groups is 1. The molecular weight excluding hydrogens is 572 g/mol. The largest absolute Gasteiger partial charge is 0.395 e. The Morgan fingerprint density at radius 2 is 1.70 bits per heavy atom. The molecule has 1 aliphatic heterocycles. The van der Waals surface area contributed by atoms with Crippen LogP contribution >= 0.6 is 45.8 Å². The topological polar surface area (TPSA) is 64.9 Å². The van der Waals surface area contributed by atoms with E-state index in [0.29, 0.717) is 33.7 Å². The zero-order chi connectivity index (χ0) is 23.5. The molecule has 8 heteroatoms. The highest BCUT2D eigenvalue weighted by molar-refractivity contribution is 14.1. The molecule has 2 N–H and O–H groups in total. The zero-order valence-electron chi connectivity index (χ0n) is 17.8. The first-order valence-corrected chi connectivity index (χ1v) is 12.3. The van der Waals surface area contributed by atoms with E-state index in [0.717, 1.165) is 14.7 Å². The molecule has 1 heterocycles. The van der Waals surface area contributed by atoms with Crippen LogP contribution in [0.1, 0.15) is 40.5 Å². The Morgan fingerprint density at radius 1 is 1.06 bits per heavy atom. The number of halogens is 3. The summed E-state index contributed by atoms with van der Waals surface area (Å²) in [5, 5.41) is 14.0. The third kappa shape index (κ3) is 5.19. The van der Waals surface area contributed by atoms with E-state index in [-0.39, 0.29) is 18.6 Å². The number of nitrogens with one attached hydrogen (secondary N) is 1. The van der Waals surface area contributed by atoms with Crippen molar-refractivity contribution < 1.29 is 9.90 Å². The van der Waals surface area contributed by atoms with Crippen LogP contribution < -0.4 is 5.32 Å². The van der Waals surface area contributed by atoms with Gasteiger partial charge in [0.1, 0.15) is 11.9 Å². The van der Waals surface area contributed by atoms with E-state index in [1.807, 2.05) is 66.4 Å². The quantitative estimate of drug-likeness (QED) is 0.348. The number of carbonyl (C=O) groups is 1. The number of benzene rings is 3. The van der Waals surface area contributed by atoms with Crippen molar-refractivity contribution in [3.05, 3.63) is 97.0 Å². The maximum atomic E-state index is 14.1. The Kier molecular flexibility index (Phi) is 7.58. The van der Waals surface area contributed by atoms with Crippen LogP contribution in [0.5, 0.6) is 0 Å². The van der Waals surface area contributed by atoms with E-state index < -0.39 is 6.04 Å². The van der Waals surface area contributed by atoms with Crippen molar-refractivity contribution in [2.24, 2.45) is 4.99 Å². The summed E-state index contributed by atoms with van der Waals surface area (Å²) in [4.78, 5) is 20.8. The summed E-state index contributed by atoms with van der Waals surface area (Å²) in [7, 11) is 0. The second-order valence-corrected chi connectivity index (χ2v) is 9.82. The fourth-order valence-corrected chi connectivity index (χ4v) is 4.68. The number of fused-ring (bicyclic) bond motifs is 1. The van der Waals surface area contributed by atoms with Gasteiger partial charge in [0.2, 0.25) is 0 Å². The lowest BCUT2D eigenvalue weighted by Gasteiger charge is -2.37. The van der Waals surface area contributed by atoms with Gasteiger partial charge in [-0.1, -0.05) is 47.5 Å². The van der Waals surface area contributed by atoms with Crippen molar-refractivity contribution in [3.8, 4) is 0 Å². The average Bonchev–Trinajstić information content (AvgIpc) is 2.93. The van der Waals surface area contributed by atoms with Crippen LogP contribution in [0, 0.1) is 3.57 Å². The number of carbonyl (C=O) groups excluding carboxylic acids is 1. The van der Waals surface area contributed by atoms with E-state index in [1.165, 1.54) is 0 Å². The van der Waals surface area contributed by atoms with Gasteiger partial charge in [-0.3, -0.25) is 4.79 Å². The van der Waals surface area contributed by atoms with Gasteiger partial charge in [0.25, 0.3) is 5.91 Å². The van der Waals surface area contributed by atoms with Gasteiger partial charge < -0.3 is 15.3 Å². The Balaban J connectivity index is 1.93. The number of rotatable bonds is 5. The van der Waals surface area contributed by atoms with E-state index >= 15 is 0 Å². The summed E-state index contributed by atoms with van der Waals surface area (Å²) in [5.41, 5.74) is 2.93. The number of aliphatic imine (C=N–C) groups is 1. The smallest absolute Gasteiger partial charge is 0.257 e. The maximum Gasteiger partial charge on any atom is 0.257 e. The molecule has 0 radical (unpaired) electrons. The molecule has 33 heavy (non-hydrogen) atoms. The molecular formula is C25H22Cl2IN3O2. The minimum atomic E-state index is -0.517. The highest BCUT2D eigenvalue weighted by Crippen LogP contribution is 2.39. The van der Waals surface area contributed by atoms with Crippen molar-refractivity contribution in [3.63, 3.8) is 0 Å². The Morgan fingerprint density at radius 3 is 2.33 bits per heavy atom. The summed E-state index contributed by atoms with van der Waals surface area (Å²) in [6.45, 7) is 2.24. The van der Waals surface area contributed by atoms with Crippen molar-refractivity contribution >= 4 is 63.2 Å². The summed E-state index contributed by atoms with van der Waals surface area (Å²) in [6.07, 6.45) is 0. The van der Waals surface area contributed by atoms with Crippen LogP contribution in [0.25, 0.3) is 0 Å². The second kappa shape index (κ2) is 10.4. The second-order valence-electron chi connectivity index (χ2n) is 7.70. The van der Waals surface area contributed by atoms with Gasteiger partial charge in [0, 0.05) is 20.2 Å². The molecule has 0 aromatic heterocycles. The van der Waals surface area contributed by atoms with Gasteiger partial charge in [0.15, 0.2) is 0 Å². The van der Waals surface area contributed by atoms with Gasteiger partial charge in [-0.15, -0.1) is 0 Å². The number of nitrogens with zero attached hydrogens (tertiary/aromatic N) is 2. The first kappa shape index (κ1) is 24.0. The summed E-state index contributed by atoms with van der Waals surface area (Å²) < 4.78 is 0.948. The first-order chi connectivity index (χ1) is 15.9. The molecule has 4 rings (SSSR count).